The van der Waals surface area contributed by atoms with Gasteiger partial charge in [-0.15, -0.1) is 0 Å². The van der Waals surface area contributed by atoms with Crippen LogP contribution in [0.15, 0.2) is 60.0 Å². The molecule has 5 nitrogen and oxygen atoms in total. The zero-order chi connectivity index (χ0) is 18.8. The standard InChI is InChI=1S/C21H20ClN5/c1-14(2)12-27-13-23-19-20(27)17-5-3-4-6-18(17)25-21(19)26-24-11-15-7-9-16(22)10-8-15/h3-11,13-14H,12H2,1-2H3,(H,25,26). The fourth-order valence-electron chi connectivity index (χ4n) is 3.11. The molecule has 4 aromatic rings. The van der Waals surface area contributed by atoms with Crippen LogP contribution in [-0.2, 0) is 6.54 Å². The van der Waals surface area contributed by atoms with Crippen molar-refractivity contribution in [3.63, 3.8) is 0 Å². The van der Waals surface area contributed by atoms with Crippen molar-refractivity contribution < 1.29 is 0 Å². The molecule has 0 unspecified atom stereocenters. The normalized spacial score (nSPS) is 11.9. The number of para-hydroxylation sites is 1. The van der Waals surface area contributed by atoms with Crippen molar-refractivity contribution in [3.05, 3.63) is 65.4 Å². The topological polar surface area (TPSA) is 55.1 Å². The molecular weight excluding hydrogens is 358 g/mol. The summed E-state index contributed by atoms with van der Waals surface area (Å²) < 4.78 is 2.19. The Hall–Kier alpha value is -2.92. The highest BCUT2D eigenvalue weighted by atomic mass is 35.5. The molecule has 0 radical (unpaired) electrons. The fourth-order valence-corrected chi connectivity index (χ4v) is 3.24. The van der Waals surface area contributed by atoms with Crippen molar-refractivity contribution in [1.82, 2.24) is 14.5 Å². The lowest BCUT2D eigenvalue weighted by Gasteiger charge is -2.10. The van der Waals surface area contributed by atoms with Crippen molar-refractivity contribution >= 4 is 45.6 Å². The molecule has 4 rings (SSSR count). The summed E-state index contributed by atoms with van der Waals surface area (Å²) >= 11 is 5.92. The molecule has 2 aromatic heterocycles. The minimum absolute atomic E-state index is 0.522. The Labute approximate surface area is 162 Å². The number of pyridine rings is 1. The van der Waals surface area contributed by atoms with Gasteiger partial charge in [0, 0.05) is 17.0 Å². The van der Waals surface area contributed by atoms with Gasteiger partial charge in [0.1, 0.15) is 5.52 Å². The number of rotatable bonds is 5. The lowest BCUT2D eigenvalue weighted by Crippen LogP contribution is -2.03. The first-order chi connectivity index (χ1) is 13.1. The number of halogens is 1. The quantitative estimate of drug-likeness (QED) is 0.377. The van der Waals surface area contributed by atoms with Crippen LogP contribution >= 0.6 is 11.6 Å². The van der Waals surface area contributed by atoms with Crippen molar-refractivity contribution in [1.29, 1.82) is 0 Å². The molecule has 0 amide bonds. The van der Waals surface area contributed by atoms with Crippen LogP contribution in [0.2, 0.25) is 5.02 Å². The fraction of sp³-hybridized carbons (Fsp3) is 0.190. The maximum Gasteiger partial charge on any atom is 0.175 e. The molecular formula is C21H20ClN5. The second-order valence-corrected chi connectivity index (χ2v) is 7.32. The predicted molar refractivity (Wildman–Crippen MR) is 113 cm³/mol. The van der Waals surface area contributed by atoms with Crippen molar-refractivity contribution in [2.24, 2.45) is 11.0 Å². The number of hydrogen-bond acceptors (Lipinski definition) is 4. The van der Waals surface area contributed by atoms with Crippen LogP contribution in [0.25, 0.3) is 21.9 Å². The molecule has 6 heteroatoms. The van der Waals surface area contributed by atoms with Crippen LogP contribution in [0.3, 0.4) is 0 Å². The van der Waals surface area contributed by atoms with Gasteiger partial charge in [-0.3, -0.25) is 5.43 Å². The Morgan fingerprint density at radius 2 is 1.93 bits per heavy atom. The Bertz CT molecular complexity index is 1110. The van der Waals surface area contributed by atoms with E-state index in [0.717, 1.165) is 34.0 Å². The van der Waals surface area contributed by atoms with Gasteiger partial charge in [-0.05, 0) is 29.7 Å². The lowest BCUT2D eigenvalue weighted by atomic mass is 10.1. The maximum atomic E-state index is 5.92. The number of aromatic nitrogens is 3. The average Bonchev–Trinajstić information content (AvgIpc) is 3.07. The summed E-state index contributed by atoms with van der Waals surface area (Å²) in [6.45, 7) is 5.30. The number of imidazole rings is 1. The molecule has 27 heavy (non-hydrogen) atoms. The maximum absolute atomic E-state index is 5.92. The van der Waals surface area contributed by atoms with Crippen molar-refractivity contribution in [3.8, 4) is 0 Å². The Morgan fingerprint density at radius 1 is 1.15 bits per heavy atom. The molecule has 136 valence electrons. The highest BCUT2D eigenvalue weighted by molar-refractivity contribution is 6.30. The molecule has 0 atom stereocenters. The summed E-state index contributed by atoms with van der Waals surface area (Å²) in [6.07, 6.45) is 3.62. The van der Waals surface area contributed by atoms with E-state index < -0.39 is 0 Å². The molecule has 0 saturated heterocycles. The molecule has 0 saturated carbocycles. The van der Waals surface area contributed by atoms with Gasteiger partial charge in [0.15, 0.2) is 5.82 Å². The SMILES string of the molecule is CC(C)Cn1cnc2c(NN=Cc3ccc(Cl)cc3)nc3ccccc3c21. The Kier molecular flexibility index (Phi) is 4.77. The predicted octanol–water partition coefficient (Wildman–Crippen LogP) is 5.34. The molecule has 2 heterocycles. The van der Waals surface area contributed by atoms with Gasteiger partial charge in [-0.1, -0.05) is 55.8 Å². The van der Waals surface area contributed by atoms with Crippen LogP contribution in [0.1, 0.15) is 19.4 Å². The van der Waals surface area contributed by atoms with Gasteiger partial charge in [-0.2, -0.15) is 5.10 Å². The van der Waals surface area contributed by atoms with E-state index in [1.54, 1.807) is 6.21 Å². The number of nitrogens with zero attached hydrogens (tertiary/aromatic N) is 4. The molecule has 1 N–H and O–H groups in total. The van der Waals surface area contributed by atoms with Gasteiger partial charge in [0.2, 0.25) is 0 Å². The zero-order valence-electron chi connectivity index (χ0n) is 15.2. The summed E-state index contributed by atoms with van der Waals surface area (Å²) in [5, 5.41) is 6.14. The van der Waals surface area contributed by atoms with Crippen LogP contribution in [-0.4, -0.2) is 20.7 Å². The third-order valence-electron chi connectivity index (χ3n) is 4.27. The molecule has 0 bridgehead atoms. The van der Waals surface area contributed by atoms with Crippen molar-refractivity contribution in [2.75, 3.05) is 5.43 Å². The first-order valence-electron chi connectivity index (χ1n) is 8.90. The number of anilines is 1. The minimum atomic E-state index is 0.522. The van der Waals surface area contributed by atoms with Gasteiger partial charge in [-0.25, -0.2) is 9.97 Å². The number of hydrogen-bond donors (Lipinski definition) is 1. The summed E-state index contributed by atoms with van der Waals surface area (Å²) in [4.78, 5) is 9.33. The minimum Gasteiger partial charge on any atom is -0.330 e. The van der Waals surface area contributed by atoms with E-state index in [2.05, 4.69) is 40.0 Å². The Balaban J connectivity index is 1.75. The average molecular weight is 378 g/mol. The second-order valence-electron chi connectivity index (χ2n) is 6.89. The third-order valence-corrected chi connectivity index (χ3v) is 4.52. The summed E-state index contributed by atoms with van der Waals surface area (Å²) in [7, 11) is 0. The van der Waals surface area contributed by atoms with Crippen LogP contribution in [0.5, 0.6) is 0 Å². The summed E-state index contributed by atoms with van der Waals surface area (Å²) in [5.41, 5.74) is 6.83. The molecule has 2 aromatic carbocycles. The summed E-state index contributed by atoms with van der Waals surface area (Å²) in [5.74, 6) is 1.17. The highest BCUT2D eigenvalue weighted by Crippen LogP contribution is 2.29. The molecule has 0 aliphatic heterocycles. The van der Waals surface area contributed by atoms with E-state index in [-0.39, 0.29) is 0 Å². The summed E-state index contributed by atoms with van der Waals surface area (Å²) in [6, 6.07) is 15.6. The van der Waals surface area contributed by atoms with Gasteiger partial charge in [0.05, 0.1) is 23.6 Å². The lowest BCUT2D eigenvalue weighted by molar-refractivity contribution is 0.533. The third kappa shape index (κ3) is 3.64. The van der Waals surface area contributed by atoms with E-state index >= 15 is 0 Å². The van der Waals surface area contributed by atoms with E-state index in [9.17, 15) is 0 Å². The first-order valence-corrected chi connectivity index (χ1v) is 9.28. The number of nitrogens with one attached hydrogen (secondary N) is 1. The number of benzene rings is 2. The molecule has 0 spiro atoms. The smallest absolute Gasteiger partial charge is 0.175 e. The van der Waals surface area contributed by atoms with Gasteiger partial charge < -0.3 is 4.57 Å². The van der Waals surface area contributed by atoms with E-state index in [4.69, 9.17) is 16.6 Å². The van der Waals surface area contributed by atoms with Crippen LogP contribution in [0, 0.1) is 5.92 Å². The van der Waals surface area contributed by atoms with E-state index in [1.165, 1.54) is 0 Å². The number of hydrazone groups is 1. The van der Waals surface area contributed by atoms with Crippen LogP contribution < -0.4 is 5.43 Å². The first kappa shape index (κ1) is 17.5. The molecule has 0 aliphatic carbocycles. The monoisotopic (exact) mass is 377 g/mol. The number of fused-ring (bicyclic) bond motifs is 3. The molecule has 0 fully saturated rings. The Morgan fingerprint density at radius 3 is 2.70 bits per heavy atom. The second kappa shape index (κ2) is 7.37. The van der Waals surface area contributed by atoms with Crippen molar-refractivity contribution in [2.45, 2.75) is 20.4 Å². The largest absolute Gasteiger partial charge is 0.330 e. The van der Waals surface area contributed by atoms with Crippen LogP contribution in [0.4, 0.5) is 5.82 Å². The molecule has 0 aliphatic rings. The van der Waals surface area contributed by atoms with Gasteiger partial charge >= 0.3 is 0 Å². The zero-order valence-corrected chi connectivity index (χ0v) is 16.0. The van der Waals surface area contributed by atoms with E-state index in [1.807, 2.05) is 48.8 Å². The van der Waals surface area contributed by atoms with Gasteiger partial charge in [0.25, 0.3) is 0 Å². The highest BCUT2D eigenvalue weighted by Gasteiger charge is 2.14. The van der Waals surface area contributed by atoms with E-state index in [0.29, 0.717) is 16.8 Å².